The molecule has 2 fully saturated rings. The molecular weight excluding hydrogens is 1020 g/mol. The summed E-state index contributed by atoms with van der Waals surface area (Å²) in [6, 6.07) is 109. The lowest BCUT2D eigenvalue weighted by molar-refractivity contribution is 0.724. The Labute approximate surface area is 500 Å². The van der Waals surface area contributed by atoms with E-state index in [1.54, 1.807) is 0 Å². The Morgan fingerprint density at radius 2 is 0.718 bits per heavy atom. The van der Waals surface area contributed by atoms with Gasteiger partial charge in [-0.15, -0.1) is 0 Å². The van der Waals surface area contributed by atoms with Crippen LogP contribution in [-0.4, -0.2) is 4.57 Å². The Balaban J connectivity index is 0.756. The molecule has 16 rings (SSSR count). The second-order valence-electron chi connectivity index (χ2n) is 24.1. The lowest BCUT2D eigenvalue weighted by Crippen LogP contribution is -2.28. The second kappa shape index (κ2) is 21.5. The first kappa shape index (κ1) is 50.9. The predicted molar refractivity (Wildman–Crippen MR) is 357 cm³/mol. The molecule has 1 aromatic heterocycles. The summed E-state index contributed by atoms with van der Waals surface area (Å²) in [5, 5.41) is 2.80. The topological polar surface area (TPSA) is 8.17 Å². The van der Waals surface area contributed by atoms with Gasteiger partial charge in [-0.1, -0.05) is 250 Å². The molecule has 0 amide bonds. The number of fused-ring (bicyclic) bond motifs is 6. The molecule has 12 aromatic carbocycles. The van der Waals surface area contributed by atoms with Gasteiger partial charge in [-0.3, -0.25) is 0 Å². The van der Waals surface area contributed by atoms with Gasteiger partial charge in [0.05, 0.1) is 22.1 Å². The minimum atomic E-state index is -0.537. The molecule has 0 spiro atoms. The predicted octanol–water partition coefficient (Wildman–Crippen LogP) is 22.6. The van der Waals surface area contributed by atoms with Crippen molar-refractivity contribution in [1.82, 2.24) is 4.57 Å². The van der Waals surface area contributed by atoms with E-state index < -0.39 is 5.41 Å². The van der Waals surface area contributed by atoms with E-state index in [1.807, 2.05) is 0 Å². The van der Waals surface area contributed by atoms with E-state index in [0.717, 1.165) is 28.2 Å². The molecule has 408 valence electrons. The summed E-state index contributed by atoms with van der Waals surface area (Å²) in [6.07, 6.45) is 10.6. The van der Waals surface area contributed by atoms with Crippen LogP contribution in [0.5, 0.6) is 0 Å². The van der Waals surface area contributed by atoms with Gasteiger partial charge in [0.25, 0.3) is 0 Å². The van der Waals surface area contributed by atoms with Crippen LogP contribution in [0.4, 0.5) is 17.1 Å². The molecule has 0 saturated heterocycles. The third-order valence-corrected chi connectivity index (χ3v) is 19.4. The van der Waals surface area contributed by atoms with Crippen LogP contribution in [0.3, 0.4) is 0 Å². The molecule has 0 unspecified atom stereocenters. The molecule has 3 aliphatic carbocycles. The first-order valence-corrected chi connectivity index (χ1v) is 30.9. The number of anilines is 3. The molecular formula is C83H66N2. The van der Waals surface area contributed by atoms with Crippen LogP contribution in [0.25, 0.3) is 83.1 Å². The fourth-order valence-electron chi connectivity index (χ4n) is 15.2. The summed E-state index contributed by atoms with van der Waals surface area (Å²) in [7, 11) is 0. The number of rotatable bonds is 12. The van der Waals surface area contributed by atoms with Crippen molar-refractivity contribution in [3.05, 3.63) is 325 Å². The van der Waals surface area contributed by atoms with Gasteiger partial charge in [-0.05, 0) is 188 Å². The van der Waals surface area contributed by atoms with Crippen molar-refractivity contribution in [3.8, 4) is 61.3 Å². The summed E-state index contributed by atoms with van der Waals surface area (Å²) in [6.45, 7) is 0. The van der Waals surface area contributed by atoms with Crippen molar-refractivity contribution in [3.63, 3.8) is 0 Å². The number of para-hydroxylation sites is 1. The highest BCUT2D eigenvalue weighted by atomic mass is 15.1. The van der Waals surface area contributed by atoms with Gasteiger partial charge in [0.1, 0.15) is 0 Å². The number of hydrogen-bond acceptors (Lipinski definition) is 1. The van der Waals surface area contributed by atoms with Gasteiger partial charge < -0.3 is 9.47 Å². The van der Waals surface area contributed by atoms with Crippen LogP contribution in [0.2, 0.25) is 0 Å². The Morgan fingerprint density at radius 3 is 1.26 bits per heavy atom. The molecule has 2 saturated carbocycles. The second-order valence-corrected chi connectivity index (χ2v) is 24.1. The monoisotopic (exact) mass is 1090 g/mol. The Bertz CT molecular complexity index is 4430. The molecule has 0 N–H and O–H groups in total. The van der Waals surface area contributed by atoms with Crippen molar-refractivity contribution >= 4 is 38.9 Å². The molecule has 13 aromatic rings. The van der Waals surface area contributed by atoms with Crippen molar-refractivity contribution in [1.29, 1.82) is 0 Å². The number of benzene rings is 12. The van der Waals surface area contributed by atoms with E-state index in [0.29, 0.717) is 11.8 Å². The number of aromatic nitrogens is 1. The lowest BCUT2D eigenvalue weighted by atomic mass is 9.67. The van der Waals surface area contributed by atoms with Gasteiger partial charge in [0.2, 0.25) is 0 Å². The molecule has 0 aliphatic heterocycles. The first-order chi connectivity index (χ1) is 42.1. The normalized spacial score (nSPS) is 14.7. The van der Waals surface area contributed by atoms with E-state index in [-0.39, 0.29) is 0 Å². The Kier molecular flexibility index (Phi) is 12.9. The van der Waals surface area contributed by atoms with Crippen LogP contribution in [0.1, 0.15) is 96.6 Å². The zero-order valence-electron chi connectivity index (χ0n) is 47.9. The molecule has 3 aliphatic rings. The number of nitrogens with zero attached hydrogens (tertiary/aromatic N) is 2. The lowest BCUT2D eigenvalue weighted by Gasteiger charge is -2.35. The molecule has 0 atom stereocenters. The van der Waals surface area contributed by atoms with Crippen molar-refractivity contribution in [2.24, 2.45) is 0 Å². The fraction of sp³-hybridized carbons (Fsp3) is 0.133. The third-order valence-electron chi connectivity index (χ3n) is 19.4. The summed E-state index contributed by atoms with van der Waals surface area (Å²) >= 11 is 0. The molecule has 1 heterocycles. The van der Waals surface area contributed by atoms with E-state index in [9.17, 15) is 0 Å². The minimum Gasteiger partial charge on any atom is -0.310 e. The highest BCUT2D eigenvalue weighted by Crippen LogP contribution is 2.58. The molecule has 0 bridgehead atoms. The maximum atomic E-state index is 2.55. The van der Waals surface area contributed by atoms with Gasteiger partial charge in [-0.2, -0.15) is 0 Å². The SMILES string of the molecule is c1ccc(-c2ccc(-c3ccccc3N(c3ccc(-c4ccc(-c5ccc(-n6c7ccc(C8CCCC8)cc7c7cc(C8CCCC8)ccc76)cc5)cc4)cc3)c3ccc4c(c3)C(c3ccccc3)(c3ccccc3)c3ccccc3-4)cc2)cc1. The summed E-state index contributed by atoms with van der Waals surface area (Å²) in [4.78, 5) is 2.47. The van der Waals surface area contributed by atoms with Crippen LogP contribution < -0.4 is 4.90 Å². The minimum absolute atomic E-state index is 0.537. The zero-order valence-corrected chi connectivity index (χ0v) is 47.9. The maximum Gasteiger partial charge on any atom is 0.0714 e. The summed E-state index contributed by atoms with van der Waals surface area (Å²) in [5.41, 5.74) is 26.7. The molecule has 2 heteroatoms. The average molecular weight is 1090 g/mol. The summed E-state index contributed by atoms with van der Waals surface area (Å²) in [5.74, 6) is 1.37. The Hall–Kier alpha value is -9.76. The highest BCUT2D eigenvalue weighted by Gasteiger charge is 2.46. The number of hydrogen-bond donors (Lipinski definition) is 0. The van der Waals surface area contributed by atoms with Gasteiger partial charge >= 0.3 is 0 Å². The molecule has 2 nitrogen and oxygen atoms in total. The summed E-state index contributed by atoms with van der Waals surface area (Å²) < 4.78 is 2.51. The van der Waals surface area contributed by atoms with Crippen LogP contribution in [0, 0.1) is 0 Å². The Morgan fingerprint density at radius 1 is 0.306 bits per heavy atom. The van der Waals surface area contributed by atoms with Crippen molar-refractivity contribution in [2.75, 3.05) is 4.90 Å². The van der Waals surface area contributed by atoms with Crippen LogP contribution >= 0.6 is 0 Å². The molecule has 85 heavy (non-hydrogen) atoms. The smallest absolute Gasteiger partial charge is 0.0714 e. The van der Waals surface area contributed by atoms with Crippen LogP contribution in [-0.2, 0) is 5.41 Å². The van der Waals surface area contributed by atoms with Gasteiger partial charge in [0.15, 0.2) is 0 Å². The van der Waals surface area contributed by atoms with E-state index >= 15 is 0 Å². The van der Waals surface area contributed by atoms with E-state index in [2.05, 4.69) is 301 Å². The van der Waals surface area contributed by atoms with E-state index in [1.165, 1.54) is 157 Å². The largest absolute Gasteiger partial charge is 0.310 e. The first-order valence-electron chi connectivity index (χ1n) is 30.9. The standard InChI is InChI=1S/C83H66N2/c1-4-18-57(19-5-1)60-36-38-65(39-37-60)73-28-15-17-31-80(73)84(72-50-51-75-74-29-14-16-30-78(74)83(79(75)56-72,68-24-6-2-7-25-68)69-26-8-3-9-27-69)70-46-40-63(41-47-70)61-32-34-62(35-33-61)64-42-48-71(49-43-64)85-81-52-44-66(58-20-10-11-21-58)54-76(81)77-55-67(45-53-82(77)85)59-22-12-13-23-59/h1-9,14-19,24-56,58-59H,10-13,20-23H2. The maximum absolute atomic E-state index is 2.55. The van der Waals surface area contributed by atoms with Crippen LogP contribution in [0.15, 0.2) is 291 Å². The van der Waals surface area contributed by atoms with Crippen molar-refractivity contribution in [2.45, 2.75) is 68.6 Å². The molecule has 0 radical (unpaired) electrons. The van der Waals surface area contributed by atoms with E-state index in [4.69, 9.17) is 0 Å². The van der Waals surface area contributed by atoms with Gasteiger partial charge in [-0.25, -0.2) is 0 Å². The third kappa shape index (κ3) is 8.85. The quantitative estimate of drug-likeness (QED) is 0.118. The fourth-order valence-corrected chi connectivity index (χ4v) is 15.2. The van der Waals surface area contributed by atoms with Crippen molar-refractivity contribution < 1.29 is 0 Å². The highest BCUT2D eigenvalue weighted by molar-refractivity contribution is 6.10. The average Bonchev–Trinajstić information content (AvgIpc) is 1.66. The van der Waals surface area contributed by atoms with Gasteiger partial charge in [0, 0.05) is 33.4 Å². The zero-order chi connectivity index (χ0) is 56.3.